The number of hydrogen-bond donors (Lipinski definition) is 1. The molecule has 0 aromatic carbocycles. The van der Waals surface area contributed by atoms with Crippen molar-refractivity contribution in [1.82, 2.24) is 9.97 Å². The molecule has 2 rings (SSSR count). The first-order chi connectivity index (χ1) is 9.00. The van der Waals surface area contributed by atoms with Crippen molar-refractivity contribution in [2.45, 2.75) is 32.7 Å². The molecule has 1 N–H and O–H groups in total. The van der Waals surface area contributed by atoms with E-state index in [1.165, 1.54) is 0 Å². The Balaban J connectivity index is 2.17. The summed E-state index contributed by atoms with van der Waals surface area (Å²) in [7, 11) is 0. The fourth-order valence-electron chi connectivity index (χ4n) is 1.52. The molecule has 0 spiro atoms. The lowest BCUT2D eigenvalue weighted by Crippen LogP contribution is -2.11. The molecule has 5 nitrogen and oxygen atoms in total. The number of anilines is 1. The van der Waals surface area contributed by atoms with Crippen LogP contribution in [0.5, 0.6) is 0 Å². The van der Waals surface area contributed by atoms with Gasteiger partial charge in [-0.2, -0.15) is 10.2 Å². The zero-order valence-corrected chi connectivity index (χ0v) is 11.3. The van der Waals surface area contributed by atoms with Gasteiger partial charge in [0.15, 0.2) is 0 Å². The summed E-state index contributed by atoms with van der Waals surface area (Å²) in [6, 6.07) is 5.86. The Morgan fingerprint density at radius 1 is 1.42 bits per heavy atom. The van der Waals surface area contributed by atoms with E-state index in [0.29, 0.717) is 18.3 Å². The van der Waals surface area contributed by atoms with Crippen molar-refractivity contribution < 1.29 is 4.42 Å². The Labute approximate surface area is 112 Å². The zero-order valence-electron chi connectivity index (χ0n) is 11.3. The summed E-state index contributed by atoms with van der Waals surface area (Å²) in [5.41, 5.74) is 1.08. The van der Waals surface area contributed by atoms with Crippen LogP contribution < -0.4 is 5.32 Å². The third-order valence-electron chi connectivity index (χ3n) is 2.55. The van der Waals surface area contributed by atoms with Crippen LogP contribution in [0.4, 0.5) is 5.88 Å². The normalized spacial score (nSPS) is 11.1. The van der Waals surface area contributed by atoms with Gasteiger partial charge in [0.25, 0.3) is 0 Å². The molecule has 0 aliphatic carbocycles. The maximum Gasteiger partial charge on any atom is 0.232 e. The lowest BCUT2D eigenvalue weighted by molar-refractivity contribution is 0.399. The second-order valence-electron chi connectivity index (χ2n) is 5.27. The molecule has 0 aliphatic heterocycles. The van der Waals surface area contributed by atoms with Crippen LogP contribution in [0.1, 0.15) is 37.9 Å². The van der Waals surface area contributed by atoms with Crippen molar-refractivity contribution in [1.29, 1.82) is 5.26 Å². The molecule has 2 heterocycles. The fraction of sp³-hybridized carbons (Fsp3) is 0.357. The molecule has 0 saturated heterocycles. The van der Waals surface area contributed by atoms with Crippen LogP contribution in [0.15, 0.2) is 28.9 Å². The summed E-state index contributed by atoms with van der Waals surface area (Å²) in [6.07, 6.45) is 3.48. The SMILES string of the molecule is CC(C)(C)c1nc(C#N)c(NCc2cccnc2)o1. The highest BCUT2D eigenvalue weighted by Crippen LogP contribution is 2.26. The first kappa shape index (κ1) is 13.1. The Kier molecular flexibility index (Phi) is 3.52. The average Bonchev–Trinajstić information content (AvgIpc) is 2.81. The molecular formula is C14H16N4O. The second-order valence-corrected chi connectivity index (χ2v) is 5.27. The molecule has 0 aliphatic rings. The van der Waals surface area contributed by atoms with E-state index in [9.17, 15) is 0 Å². The summed E-state index contributed by atoms with van der Waals surface area (Å²) in [5, 5.41) is 12.2. The first-order valence-corrected chi connectivity index (χ1v) is 6.05. The molecule has 19 heavy (non-hydrogen) atoms. The summed E-state index contributed by atoms with van der Waals surface area (Å²) in [4.78, 5) is 8.24. The number of pyridine rings is 1. The largest absolute Gasteiger partial charge is 0.423 e. The maximum absolute atomic E-state index is 9.07. The van der Waals surface area contributed by atoms with Gasteiger partial charge in [0.1, 0.15) is 6.07 Å². The molecule has 2 aromatic heterocycles. The zero-order chi connectivity index (χ0) is 13.9. The van der Waals surface area contributed by atoms with Crippen LogP contribution >= 0.6 is 0 Å². The molecule has 5 heteroatoms. The molecule has 0 unspecified atom stereocenters. The lowest BCUT2D eigenvalue weighted by atomic mass is 9.97. The molecule has 2 aromatic rings. The number of aromatic nitrogens is 2. The topological polar surface area (TPSA) is 74.7 Å². The van der Waals surface area contributed by atoms with Gasteiger partial charge >= 0.3 is 0 Å². The van der Waals surface area contributed by atoms with Gasteiger partial charge in [-0.15, -0.1) is 0 Å². The Bertz CT molecular complexity index is 590. The number of nitriles is 1. The molecular weight excluding hydrogens is 240 g/mol. The highest BCUT2D eigenvalue weighted by atomic mass is 16.4. The minimum Gasteiger partial charge on any atom is -0.423 e. The van der Waals surface area contributed by atoms with Crippen molar-refractivity contribution in [3.05, 3.63) is 41.7 Å². The van der Waals surface area contributed by atoms with Gasteiger partial charge in [-0.25, -0.2) is 0 Å². The van der Waals surface area contributed by atoms with Crippen LogP contribution in [0.2, 0.25) is 0 Å². The summed E-state index contributed by atoms with van der Waals surface area (Å²) >= 11 is 0. The van der Waals surface area contributed by atoms with E-state index in [1.54, 1.807) is 12.4 Å². The predicted molar refractivity (Wildman–Crippen MR) is 71.5 cm³/mol. The third-order valence-corrected chi connectivity index (χ3v) is 2.55. The van der Waals surface area contributed by atoms with Crippen LogP contribution in [0, 0.1) is 11.3 Å². The fourth-order valence-corrected chi connectivity index (χ4v) is 1.52. The summed E-state index contributed by atoms with van der Waals surface area (Å²) in [5.74, 6) is 0.967. The smallest absolute Gasteiger partial charge is 0.232 e. The van der Waals surface area contributed by atoms with Crippen molar-refractivity contribution in [2.24, 2.45) is 0 Å². The molecule has 0 amide bonds. The molecule has 0 saturated carbocycles. The lowest BCUT2D eigenvalue weighted by Gasteiger charge is -2.12. The second kappa shape index (κ2) is 5.11. The van der Waals surface area contributed by atoms with Gasteiger partial charge in [0.2, 0.25) is 17.5 Å². The summed E-state index contributed by atoms with van der Waals surface area (Å²) < 4.78 is 5.63. The van der Waals surface area contributed by atoms with E-state index in [4.69, 9.17) is 9.68 Å². The number of nitrogens with one attached hydrogen (secondary N) is 1. The van der Waals surface area contributed by atoms with Crippen molar-refractivity contribution in [3.63, 3.8) is 0 Å². The van der Waals surface area contributed by atoms with E-state index >= 15 is 0 Å². The Hall–Kier alpha value is -2.35. The number of nitrogens with zero attached hydrogens (tertiary/aromatic N) is 3. The molecule has 98 valence electrons. The van der Waals surface area contributed by atoms with Crippen LogP contribution in [-0.2, 0) is 12.0 Å². The van der Waals surface area contributed by atoms with E-state index in [-0.39, 0.29) is 11.1 Å². The maximum atomic E-state index is 9.07. The molecule has 0 atom stereocenters. The average molecular weight is 256 g/mol. The van der Waals surface area contributed by atoms with Crippen LogP contribution in [0.3, 0.4) is 0 Å². The van der Waals surface area contributed by atoms with E-state index in [0.717, 1.165) is 5.56 Å². The number of hydrogen-bond acceptors (Lipinski definition) is 5. The Morgan fingerprint density at radius 2 is 2.21 bits per heavy atom. The van der Waals surface area contributed by atoms with Crippen molar-refractivity contribution >= 4 is 5.88 Å². The van der Waals surface area contributed by atoms with Crippen molar-refractivity contribution in [2.75, 3.05) is 5.32 Å². The van der Waals surface area contributed by atoms with E-state index in [1.807, 2.05) is 39.0 Å². The van der Waals surface area contributed by atoms with Crippen molar-refractivity contribution in [3.8, 4) is 6.07 Å². The molecule has 0 radical (unpaired) electrons. The number of rotatable bonds is 3. The van der Waals surface area contributed by atoms with Crippen LogP contribution in [0.25, 0.3) is 0 Å². The highest BCUT2D eigenvalue weighted by molar-refractivity contribution is 5.46. The van der Waals surface area contributed by atoms with Gasteiger partial charge in [0.05, 0.1) is 0 Å². The molecule has 0 fully saturated rings. The van der Waals surface area contributed by atoms with Crippen LogP contribution in [-0.4, -0.2) is 9.97 Å². The first-order valence-electron chi connectivity index (χ1n) is 6.05. The predicted octanol–water partition coefficient (Wildman–Crippen LogP) is 2.85. The van der Waals surface area contributed by atoms with E-state index < -0.39 is 0 Å². The van der Waals surface area contributed by atoms with Gasteiger partial charge < -0.3 is 9.73 Å². The van der Waals surface area contributed by atoms with Gasteiger partial charge in [-0.05, 0) is 11.6 Å². The third kappa shape index (κ3) is 3.10. The van der Waals surface area contributed by atoms with Gasteiger partial charge in [-0.3, -0.25) is 4.98 Å². The molecule has 0 bridgehead atoms. The minimum atomic E-state index is -0.222. The monoisotopic (exact) mass is 256 g/mol. The van der Waals surface area contributed by atoms with Gasteiger partial charge in [0, 0.05) is 24.4 Å². The standard InChI is InChI=1S/C14H16N4O/c1-14(2,3)13-18-11(7-15)12(19-13)17-9-10-5-4-6-16-8-10/h4-6,8,17H,9H2,1-3H3. The summed E-state index contributed by atoms with van der Waals surface area (Å²) in [6.45, 7) is 6.52. The Morgan fingerprint density at radius 3 is 2.79 bits per heavy atom. The quantitative estimate of drug-likeness (QED) is 0.913. The van der Waals surface area contributed by atoms with Gasteiger partial charge in [-0.1, -0.05) is 26.8 Å². The van der Waals surface area contributed by atoms with E-state index in [2.05, 4.69) is 15.3 Å². The minimum absolute atomic E-state index is 0.222. The number of oxazole rings is 1. The highest BCUT2D eigenvalue weighted by Gasteiger charge is 2.23.